The Bertz CT molecular complexity index is 1010. The van der Waals surface area contributed by atoms with Crippen molar-refractivity contribution in [2.45, 2.75) is 6.04 Å². The first kappa shape index (κ1) is 22.6. The van der Waals surface area contributed by atoms with Gasteiger partial charge < -0.3 is 19.6 Å². The summed E-state index contributed by atoms with van der Waals surface area (Å²) in [6.45, 7) is 4.87. The van der Waals surface area contributed by atoms with Gasteiger partial charge in [-0.1, -0.05) is 36.4 Å². The van der Waals surface area contributed by atoms with E-state index in [2.05, 4.69) is 6.58 Å². The molecular formula is C24H25ClN2O4. The summed E-state index contributed by atoms with van der Waals surface area (Å²) < 4.78 is 5.46. The second-order valence-corrected chi connectivity index (χ2v) is 7.91. The fraction of sp³-hybridized carbons (Fsp3) is 0.250. The maximum absolute atomic E-state index is 13.0. The molecular weight excluding hydrogens is 416 g/mol. The number of hydrogen-bond acceptors (Lipinski definition) is 5. The van der Waals surface area contributed by atoms with Crippen molar-refractivity contribution in [2.24, 2.45) is 0 Å². The summed E-state index contributed by atoms with van der Waals surface area (Å²) in [6, 6.07) is 12.9. The van der Waals surface area contributed by atoms with E-state index in [1.807, 2.05) is 19.0 Å². The molecule has 0 saturated carbocycles. The van der Waals surface area contributed by atoms with E-state index >= 15 is 0 Å². The number of likely N-dealkylation sites (tertiary alicyclic amines) is 1. The second-order valence-electron chi connectivity index (χ2n) is 7.47. The summed E-state index contributed by atoms with van der Waals surface area (Å²) >= 11 is 6.18. The van der Waals surface area contributed by atoms with E-state index in [0.29, 0.717) is 41.6 Å². The minimum Gasteiger partial charge on any atom is -0.507 e. The Morgan fingerprint density at radius 3 is 2.55 bits per heavy atom. The van der Waals surface area contributed by atoms with Crippen molar-refractivity contribution < 1.29 is 19.4 Å². The molecule has 0 unspecified atom stereocenters. The van der Waals surface area contributed by atoms with Crippen LogP contribution in [0.25, 0.3) is 5.76 Å². The summed E-state index contributed by atoms with van der Waals surface area (Å²) in [6.07, 6.45) is 1.63. The molecule has 1 fully saturated rings. The van der Waals surface area contributed by atoms with Crippen LogP contribution in [-0.2, 0) is 9.59 Å². The highest BCUT2D eigenvalue weighted by Crippen LogP contribution is 2.40. The topological polar surface area (TPSA) is 70.1 Å². The Hall–Kier alpha value is -3.09. The maximum atomic E-state index is 13.0. The first-order valence-electron chi connectivity index (χ1n) is 9.86. The van der Waals surface area contributed by atoms with Crippen molar-refractivity contribution in [3.63, 3.8) is 0 Å². The maximum Gasteiger partial charge on any atom is 0.295 e. The van der Waals surface area contributed by atoms with Crippen LogP contribution in [0.5, 0.6) is 5.75 Å². The van der Waals surface area contributed by atoms with Gasteiger partial charge in [-0.05, 0) is 56.1 Å². The number of amides is 1. The lowest BCUT2D eigenvalue weighted by atomic mass is 9.95. The molecule has 3 rings (SSSR count). The molecule has 0 aliphatic carbocycles. The Balaban J connectivity index is 2.07. The summed E-state index contributed by atoms with van der Waals surface area (Å²) in [5.41, 5.74) is 1.13. The van der Waals surface area contributed by atoms with Gasteiger partial charge in [0.2, 0.25) is 0 Å². The number of likely N-dealkylation sites (N-methyl/N-ethyl adjacent to an activating group) is 1. The van der Waals surface area contributed by atoms with Crippen LogP contribution in [0, 0.1) is 0 Å². The van der Waals surface area contributed by atoms with E-state index in [-0.39, 0.29) is 11.3 Å². The zero-order valence-corrected chi connectivity index (χ0v) is 18.3. The molecule has 1 saturated heterocycles. The Morgan fingerprint density at radius 1 is 1.23 bits per heavy atom. The fourth-order valence-corrected chi connectivity index (χ4v) is 3.66. The van der Waals surface area contributed by atoms with E-state index in [4.69, 9.17) is 16.3 Å². The highest BCUT2D eigenvalue weighted by molar-refractivity contribution is 6.46. The van der Waals surface area contributed by atoms with E-state index < -0.39 is 17.7 Å². The quantitative estimate of drug-likeness (QED) is 0.292. The standard InChI is InChI=1S/C24H25ClN2O4/c1-4-14-31-19-10-8-16(9-11-19)22(28)20-21(17-6-5-7-18(25)15-17)27(13-12-26(2)3)24(30)23(20)29/h4-11,15,21,28H,1,12-14H2,2-3H3/t21-/m0/s1. The van der Waals surface area contributed by atoms with Crippen LogP contribution < -0.4 is 4.74 Å². The van der Waals surface area contributed by atoms with Gasteiger partial charge in [-0.3, -0.25) is 9.59 Å². The number of aliphatic hydroxyl groups is 1. The predicted molar refractivity (Wildman–Crippen MR) is 121 cm³/mol. The van der Waals surface area contributed by atoms with Crippen molar-refractivity contribution in [3.05, 3.63) is 82.9 Å². The van der Waals surface area contributed by atoms with Gasteiger partial charge in [-0.2, -0.15) is 0 Å². The molecule has 1 N–H and O–H groups in total. The van der Waals surface area contributed by atoms with Crippen LogP contribution in [0.1, 0.15) is 17.2 Å². The molecule has 0 radical (unpaired) electrons. The van der Waals surface area contributed by atoms with E-state index in [1.165, 1.54) is 4.90 Å². The monoisotopic (exact) mass is 440 g/mol. The smallest absolute Gasteiger partial charge is 0.295 e. The number of Topliss-reactive ketones (excluding diaryl/α,β-unsaturated/α-hetero) is 1. The average molecular weight is 441 g/mol. The number of halogens is 1. The van der Waals surface area contributed by atoms with Crippen LogP contribution in [0.15, 0.2) is 66.8 Å². The molecule has 1 heterocycles. The molecule has 31 heavy (non-hydrogen) atoms. The molecule has 1 atom stereocenters. The number of benzene rings is 2. The molecule has 0 aromatic heterocycles. The normalized spacial score (nSPS) is 17.9. The highest BCUT2D eigenvalue weighted by Gasteiger charge is 2.45. The zero-order chi connectivity index (χ0) is 22.5. The van der Waals surface area contributed by atoms with Gasteiger partial charge in [-0.15, -0.1) is 0 Å². The van der Waals surface area contributed by atoms with Gasteiger partial charge in [0.25, 0.3) is 11.7 Å². The van der Waals surface area contributed by atoms with Gasteiger partial charge >= 0.3 is 0 Å². The van der Waals surface area contributed by atoms with Gasteiger partial charge in [0.1, 0.15) is 18.1 Å². The Kier molecular flexibility index (Phi) is 7.15. The molecule has 2 aromatic rings. The summed E-state index contributed by atoms with van der Waals surface area (Å²) in [4.78, 5) is 29.2. The first-order valence-corrected chi connectivity index (χ1v) is 10.2. The lowest BCUT2D eigenvalue weighted by Crippen LogP contribution is -2.35. The predicted octanol–water partition coefficient (Wildman–Crippen LogP) is 3.89. The molecule has 6 nitrogen and oxygen atoms in total. The molecule has 1 aliphatic heterocycles. The number of rotatable bonds is 8. The number of nitrogens with zero attached hydrogens (tertiary/aromatic N) is 2. The lowest BCUT2D eigenvalue weighted by Gasteiger charge is -2.26. The number of ether oxygens (including phenoxy) is 1. The van der Waals surface area contributed by atoms with Gasteiger partial charge in [-0.25, -0.2) is 0 Å². The summed E-state index contributed by atoms with van der Waals surface area (Å²) in [5.74, 6) is -0.979. The first-order chi connectivity index (χ1) is 14.8. The molecule has 1 amide bonds. The lowest BCUT2D eigenvalue weighted by molar-refractivity contribution is -0.140. The Labute approximate surface area is 187 Å². The molecule has 0 bridgehead atoms. The fourth-order valence-electron chi connectivity index (χ4n) is 3.46. The molecule has 2 aromatic carbocycles. The van der Waals surface area contributed by atoms with Crippen molar-refractivity contribution in [1.29, 1.82) is 0 Å². The van der Waals surface area contributed by atoms with Gasteiger partial charge in [0, 0.05) is 23.7 Å². The number of aliphatic hydroxyl groups excluding tert-OH is 1. The van der Waals surface area contributed by atoms with Crippen LogP contribution in [0.3, 0.4) is 0 Å². The minimum absolute atomic E-state index is 0.0470. The number of hydrogen-bond donors (Lipinski definition) is 1. The third-order valence-electron chi connectivity index (χ3n) is 4.99. The SMILES string of the molecule is C=CCOc1ccc(C(O)=C2C(=O)C(=O)N(CCN(C)C)[C@H]2c2cccc(Cl)c2)cc1. The van der Waals surface area contributed by atoms with E-state index in [9.17, 15) is 14.7 Å². The van der Waals surface area contributed by atoms with Crippen LogP contribution in [-0.4, -0.2) is 60.4 Å². The largest absolute Gasteiger partial charge is 0.507 e. The molecule has 7 heteroatoms. The zero-order valence-electron chi connectivity index (χ0n) is 17.5. The third kappa shape index (κ3) is 4.98. The molecule has 162 valence electrons. The van der Waals surface area contributed by atoms with E-state index in [1.54, 1.807) is 54.6 Å². The molecule has 1 aliphatic rings. The number of carbonyl (C=O) groups is 2. The minimum atomic E-state index is -0.727. The highest BCUT2D eigenvalue weighted by atomic mass is 35.5. The van der Waals surface area contributed by atoms with Crippen molar-refractivity contribution in [2.75, 3.05) is 33.8 Å². The van der Waals surface area contributed by atoms with Gasteiger partial charge in [0.05, 0.1) is 11.6 Å². The van der Waals surface area contributed by atoms with Crippen molar-refractivity contribution >= 4 is 29.1 Å². The summed E-state index contributed by atoms with van der Waals surface area (Å²) in [7, 11) is 3.78. The third-order valence-corrected chi connectivity index (χ3v) is 5.22. The van der Waals surface area contributed by atoms with E-state index in [0.717, 1.165) is 0 Å². The average Bonchev–Trinajstić information content (AvgIpc) is 3.01. The molecule has 0 spiro atoms. The second kappa shape index (κ2) is 9.81. The number of ketones is 1. The van der Waals surface area contributed by atoms with Crippen LogP contribution >= 0.6 is 11.6 Å². The van der Waals surface area contributed by atoms with Crippen molar-refractivity contribution in [3.8, 4) is 5.75 Å². The number of carbonyl (C=O) groups excluding carboxylic acids is 2. The van der Waals surface area contributed by atoms with Gasteiger partial charge in [0.15, 0.2) is 0 Å². The van der Waals surface area contributed by atoms with Crippen LogP contribution in [0.2, 0.25) is 5.02 Å². The summed E-state index contributed by atoms with van der Waals surface area (Å²) in [5, 5.41) is 11.5. The van der Waals surface area contributed by atoms with Crippen LogP contribution in [0.4, 0.5) is 0 Å². The Morgan fingerprint density at radius 2 is 1.94 bits per heavy atom. The van der Waals surface area contributed by atoms with Crippen molar-refractivity contribution in [1.82, 2.24) is 9.80 Å².